The van der Waals surface area contributed by atoms with E-state index < -0.39 is 17.3 Å². The third-order valence-electron chi connectivity index (χ3n) is 4.91. The molecule has 0 N–H and O–H groups in total. The zero-order valence-electron chi connectivity index (χ0n) is 12.1. The van der Waals surface area contributed by atoms with Crippen LogP contribution in [0.3, 0.4) is 0 Å². The second-order valence-electron chi connectivity index (χ2n) is 6.12. The summed E-state index contributed by atoms with van der Waals surface area (Å²) in [4.78, 5) is 11.5. The minimum Gasteiger partial charge on any atom is -0.497 e. The van der Waals surface area contributed by atoms with E-state index in [4.69, 9.17) is 4.74 Å². The standard InChI is InChI=1S/C16H18F2O3/c1-3-21-13(19)16(17,18)15-8-14(9-15,10-15)11-5-4-6-12(7-11)20-2/h4-7H,3,8-10H2,1-2H3. The Morgan fingerprint density at radius 1 is 1.33 bits per heavy atom. The zero-order valence-corrected chi connectivity index (χ0v) is 12.1. The Labute approximate surface area is 122 Å². The lowest BCUT2D eigenvalue weighted by Gasteiger charge is -2.72. The van der Waals surface area contributed by atoms with Crippen LogP contribution in [0.4, 0.5) is 8.78 Å². The number of rotatable bonds is 5. The van der Waals surface area contributed by atoms with Gasteiger partial charge in [-0.25, -0.2) is 4.79 Å². The summed E-state index contributed by atoms with van der Waals surface area (Å²) in [5.41, 5.74) is -0.407. The molecule has 0 amide bonds. The van der Waals surface area contributed by atoms with E-state index in [2.05, 4.69) is 4.74 Å². The van der Waals surface area contributed by atoms with E-state index in [1.54, 1.807) is 7.11 Å². The maximum absolute atomic E-state index is 14.2. The average molecular weight is 296 g/mol. The van der Waals surface area contributed by atoms with Gasteiger partial charge in [0.05, 0.1) is 13.7 Å². The molecule has 3 aliphatic rings. The van der Waals surface area contributed by atoms with Crippen molar-refractivity contribution in [2.75, 3.05) is 13.7 Å². The molecule has 3 aliphatic carbocycles. The maximum atomic E-state index is 14.2. The Morgan fingerprint density at radius 2 is 2.00 bits per heavy atom. The molecule has 1 aromatic rings. The van der Waals surface area contributed by atoms with E-state index >= 15 is 0 Å². The van der Waals surface area contributed by atoms with Gasteiger partial charge in [-0.15, -0.1) is 0 Å². The molecule has 0 atom stereocenters. The summed E-state index contributed by atoms with van der Waals surface area (Å²) in [5, 5.41) is 0. The number of hydrogen-bond donors (Lipinski definition) is 0. The van der Waals surface area contributed by atoms with Gasteiger partial charge in [0.1, 0.15) is 5.75 Å². The van der Waals surface area contributed by atoms with Gasteiger partial charge in [0, 0.05) is 5.41 Å². The lowest BCUT2D eigenvalue weighted by molar-refractivity contribution is -0.279. The normalized spacial score (nSPS) is 30.1. The summed E-state index contributed by atoms with van der Waals surface area (Å²) in [6, 6.07) is 7.53. The number of ether oxygens (including phenoxy) is 2. The number of esters is 1. The molecule has 0 spiro atoms. The fraction of sp³-hybridized carbons (Fsp3) is 0.562. The van der Waals surface area contributed by atoms with Crippen LogP contribution in [0.1, 0.15) is 31.7 Å². The summed E-state index contributed by atoms with van der Waals surface area (Å²) in [6.45, 7) is 1.51. The van der Waals surface area contributed by atoms with Crippen molar-refractivity contribution >= 4 is 5.97 Å². The highest BCUT2D eigenvalue weighted by molar-refractivity contribution is 5.80. The summed E-state index contributed by atoms with van der Waals surface area (Å²) in [6.07, 6.45) is 0.997. The van der Waals surface area contributed by atoms with Gasteiger partial charge in [0.15, 0.2) is 0 Å². The number of benzene rings is 1. The van der Waals surface area contributed by atoms with Gasteiger partial charge in [-0.05, 0) is 49.3 Å². The molecule has 4 rings (SSSR count). The summed E-state index contributed by atoms with van der Waals surface area (Å²) in [7, 11) is 1.58. The molecule has 0 aromatic heterocycles. The van der Waals surface area contributed by atoms with E-state index in [1.165, 1.54) is 6.92 Å². The second-order valence-corrected chi connectivity index (χ2v) is 6.12. The highest BCUT2D eigenvalue weighted by Gasteiger charge is 2.80. The molecule has 3 fully saturated rings. The predicted octanol–water partition coefficient (Wildman–Crippen LogP) is 3.32. The van der Waals surface area contributed by atoms with E-state index in [0.717, 1.165) is 11.3 Å². The van der Waals surface area contributed by atoms with Crippen LogP contribution >= 0.6 is 0 Å². The van der Waals surface area contributed by atoms with E-state index in [1.807, 2.05) is 24.3 Å². The highest BCUT2D eigenvalue weighted by Crippen LogP contribution is 2.78. The van der Waals surface area contributed by atoms with Crippen molar-refractivity contribution in [1.82, 2.24) is 0 Å². The molecule has 1 aromatic carbocycles. The molecule has 114 valence electrons. The van der Waals surface area contributed by atoms with Gasteiger partial charge in [-0.3, -0.25) is 0 Å². The summed E-state index contributed by atoms with van der Waals surface area (Å²) >= 11 is 0. The second kappa shape index (κ2) is 4.42. The Morgan fingerprint density at radius 3 is 2.57 bits per heavy atom. The van der Waals surface area contributed by atoms with Crippen molar-refractivity contribution in [3.8, 4) is 5.75 Å². The third-order valence-corrected chi connectivity index (χ3v) is 4.91. The van der Waals surface area contributed by atoms with Crippen LogP contribution in [0.25, 0.3) is 0 Å². The maximum Gasteiger partial charge on any atom is 0.377 e. The number of carbonyl (C=O) groups is 1. The van der Waals surface area contributed by atoms with Crippen molar-refractivity contribution in [2.45, 2.75) is 37.5 Å². The van der Waals surface area contributed by atoms with E-state index in [-0.39, 0.29) is 12.0 Å². The van der Waals surface area contributed by atoms with Crippen molar-refractivity contribution in [2.24, 2.45) is 5.41 Å². The molecule has 3 saturated carbocycles. The lowest BCUT2D eigenvalue weighted by Crippen LogP contribution is -2.73. The van der Waals surface area contributed by atoms with Crippen LogP contribution < -0.4 is 4.74 Å². The van der Waals surface area contributed by atoms with Crippen molar-refractivity contribution in [1.29, 1.82) is 0 Å². The SMILES string of the molecule is CCOC(=O)C(F)(F)C12CC(c3cccc(OC)c3)(C1)C2. The van der Waals surface area contributed by atoms with E-state index in [0.29, 0.717) is 19.3 Å². The fourth-order valence-electron chi connectivity index (χ4n) is 3.82. The molecule has 0 unspecified atom stereocenters. The minimum atomic E-state index is -3.39. The first-order valence-corrected chi connectivity index (χ1v) is 7.09. The van der Waals surface area contributed by atoms with Crippen LogP contribution in [0, 0.1) is 5.41 Å². The molecule has 5 heteroatoms. The van der Waals surface area contributed by atoms with Crippen molar-refractivity contribution in [3.63, 3.8) is 0 Å². The van der Waals surface area contributed by atoms with Crippen LogP contribution in [-0.2, 0) is 14.9 Å². The van der Waals surface area contributed by atoms with Crippen molar-refractivity contribution in [3.05, 3.63) is 29.8 Å². The van der Waals surface area contributed by atoms with Gasteiger partial charge in [0.2, 0.25) is 0 Å². The monoisotopic (exact) mass is 296 g/mol. The fourth-order valence-corrected chi connectivity index (χ4v) is 3.82. The van der Waals surface area contributed by atoms with Gasteiger partial charge in [-0.1, -0.05) is 12.1 Å². The highest BCUT2D eigenvalue weighted by atomic mass is 19.3. The Bertz CT molecular complexity index is 563. The number of halogens is 2. The number of hydrogen-bond acceptors (Lipinski definition) is 3. The van der Waals surface area contributed by atoms with Crippen LogP contribution in [0.5, 0.6) is 5.75 Å². The molecule has 21 heavy (non-hydrogen) atoms. The minimum absolute atomic E-state index is 0.0223. The number of alkyl halides is 2. The van der Waals surface area contributed by atoms with Gasteiger partial charge in [0.25, 0.3) is 0 Å². The van der Waals surface area contributed by atoms with Gasteiger partial charge < -0.3 is 9.47 Å². The van der Waals surface area contributed by atoms with Crippen molar-refractivity contribution < 1.29 is 23.0 Å². The first kappa shape index (κ1) is 14.3. The molecule has 0 aliphatic heterocycles. The lowest BCUT2D eigenvalue weighted by atomic mass is 9.32. The largest absolute Gasteiger partial charge is 0.497 e. The Balaban J connectivity index is 1.76. The smallest absolute Gasteiger partial charge is 0.377 e. The predicted molar refractivity (Wildman–Crippen MR) is 72.5 cm³/mol. The van der Waals surface area contributed by atoms with Crippen LogP contribution in [-0.4, -0.2) is 25.6 Å². The molecule has 0 saturated heterocycles. The zero-order chi connectivity index (χ0) is 15.3. The first-order chi connectivity index (χ1) is 9.89. The molecule has 0 heterocycles. The summed E-state index contributed by atoms with van der Waals surface area (Å²) in [5.74, 6) is -4.05. The molecular formula is C16H18F2O3. The molecule has 3 nitrogen and oxygen atoms in total. The van der Waals surface area contributed by atoms with Crippen LogP contribution in [0.15, 0.2) is 24.3 Å². The average Bonchev–Trinajstić information content (AvgIpc) is 2.36. The van der Waals surface area contributed by atoms with Gasteiger partial charge in [-0.2, -0.15) is 8.78 Å². The summed E-state index contributed by atoms with van der Waals surface area (Å²) < 4.78 is 38.1. The quantitative estimate of drug-likeness (QED) is 0.782. The third kappa shape index (κ3) is 1.79. The first-order valence-electron chi connectivity index (χ1n) is 7.09. The number of carbonyl (C=O) groups excluding carboxylic acids is 1. The number of methoxy groups -OCH3 is 1. The van der Waals surface area contributed by atoms with Crippen LogP contribution in [0.2, 0.25) is 0 Å². The topological polar surface area (TPSA) is 35.5 Å². The van der Waals surface area contributed by atoms with E-state index in [9.17, 15) is 13.6 Å². The Hall–Kier alpha value is -1.65. The Kier molecular flexibility index (Phi) is 3.01. The van der Waals surface area contributed by atoms with Gasteiger partial charge >= 0.3 is 11.9 Å². The molecule has 2 bridgehead atoms. The molecule has 0 radical (unpaired) electrons. The molecular weight excluding hydrogens is 278 g/mol.